The zero-order valence-electron chi connectivity index (χ0n) is 16.2. The summed E-state index contributed by atoms with van der Waals surface area (Å²) in [7, 11) is 0. The fourth-order valence-corrected chi connectivity index (χ4v) is 3.33. The first-order valence-electron chi connectivity index (χ1n) is 9.53. The summed E-state index contributed by atoms with van der Waals surface area (Å²) in [6, 6.07) is 16.7. The summed E-state index contributed by atoms with van der Waals surface area (Å²) in [5.41, 5.74) is 4.92. The van der Waals surface area contributed by atoms with E-state index in [-0.39, 0.29) is 19.6 Å². The number of hydrogen-bond acceptors (Lipinski definition) is 6. The molecule has 1 aromatic carbocycles. The van der Waals surface area contributed by atoms with Gasteiger partial charge >= 0.3 is 5.97 Å². The SMILES string of the molecule is N#Cc1ccc2nc1CCOCc1cc(ccc1CC(=O)O)-c1cccc(n1)OC2. The van der Waals surface area contributed by atoms with Gasteiger partial charge in [0.25, 0.3) is 0 Å². The van der Waals surface area contributed by atoms with Gasteiger partial charge in [-0.3, -0.25) is 9.78 Å². The predicted octanol–water partition coefficient (Wildman–Crippen LogP) is 3.29. The lowest BCUT2D eigenvalue weighted by atomic mass is 10.00. The van der Waals surface area contributed by atoms with Crippen molar-refractivity contribution in [2.24, 2.45) is 0 Å². The van der Waals surface area contributed by atoms with Crippen LogP contribution in [0.4, 0.5) is 0 Å². The summed E-state index contributed by atoms with van der Waals surface area (Å²) in [6.45, 7) is 0.849. The highest BCUT2D eigenvalue weighted by molar-refractivity contribution is 5.72. The number of carboxylic acids is 1. The van der Waals surface area contributed by atoms with Crippen molar-refractivity contribution in [2.75, 3.05) is 6.61 Å². The van der Waals surface area contributed by atoms with Crippen LogP contribution in [0.25, 0.3) is 11.3 Å². The van der Waals surface area contributed by atoms with Crippen LogP contribution in [0.15, 0.2) is 48.5 Å². The number of carbonyl (C=O) groups is 1. The monoisotopic (exact) mass is 401 g/mol. The molecule has 0 saturated carbocycles. The molecule has 0 saturated heterocycles. The van der Waals surface area contributed by atoms with Gasteiger partial charge in [-0.2, -0.15) is 5.26 Å². The molecule has 7 heteroatoms. The molecule has 7 nitrogen and oxygen atoms in total. The van der Waals surface area contributed by atoms with Crippen molar-refractivity contribution in [1.82, 2.24) is 9.97 Å². The van der Waals surface area contributed by atoms with Crippen LogP contribution >= 0.6 is 0 Å². The topological polar surface area (TPSA) is 105 Å². The summed E-state index contributed by atoms with van der Waals surface area (Å²) in [5, 5.41) is 18.6. The summed E-state index contributed by atoms with van der Waals surface area (Å²) in [6.07, 6.45) is 0.383. The van der Waals surface area contributed by atoms with Gasteiger partial charge in [0, 0.05) is 18.1 Å². The highest BCUT2D eigenvalue weighted by Gasteiger charge is 2.13. The first-order valence-corrected chi connectivity index (χ1v) is 9.53. The average Bonchev–Trinajstić information content (AvgIpc) is 2.75. The molecule has 3 aromatic rings. The maximum Gasteiger partial charge on any atom is 0.307 e. The Morgan fingerprint density at radius 1 is 1.13 bits per heavy atom. The Kier molecular flexibility index (Phi) is 5.68. The molecule has 0 unspecified atom stereocenters. The van der Waals surface area contributed by atoms with Crippen LogP contribution in [0.5, 0.6) is 5.88 Å². The third-order valence-corrected chi connectivity index (χ3v) is 4.83. The second-order valence-electron chi connectivity index (χ2n) is 6.91. The molecule has 4 rings (SSSR count). The van der Waals surface area contributed by atoms with E-state index < -0.39 is 5.97 Å². The van der Waals surface area contributed by atoms with Gasteiger partial charge in [0.05, 0.1) is 42.3 Å². The van der Waals surface area contributed by atoms with Crippen LogP contribution in [-0.2, 0) is 35.6 Å². The third-order valence-electron chi connectivity index (χ3n) is 4.83. The van der Waals surface area contributed by atoms with E-state index in [0.717, 1.165) is 16.8 Å². The predicted molar refractivity (Wildman–Crippen MR) is 108 cm³/mol. The fourth-order valence-electron chi connectivity index (χ4n) is 3.33. The molecule has 1 aliphatic rings. The Bertz CT molecular complexity index is 1140. The van der Waals surface area contributed by atoms with Crippen LogP contribution in [0.1, 0.15) is 28.1 Å². The lowest BCUT2D eigenvalue weighted by Gasteiger charge is -2.12. The van der Waals surface area contributed by atoms with Crippen molar-refractivity contribution in [2.45, 2.75) is 26.1 Å². The normalized spacial score (nSPS) is 13.3. The Morgan fingerprint density at radius 2 is 2.03 bits per heavy atom. The van der Waals surface area contributed by atoms with E-state index in [2.05, 4.69) is 16.0 Å². The molecular weight excluding hydrogens is 382 g/mol. The number of nitriles is 1. The highest BCUT2D eigenvalue weighted by atomic mass is 16.5. The maximum atomic E-state index is 11.2. The first kappa shape index (κ1) is 19.6. The third kappa shape index (κ3) is 4.45. The molecule has 0 atom stereocenters. The average molecular weight is 401 g/mol. The summed E-state index contributed by atoms with van der Waals surface area (Å²) in [5.74, 6) is -0.439. The van der Waals surface area contributed by atoms with Crippen LogP contribution < -0.4 is 4.74 Å². The van der Waals surface area contributed by atoms with Crippen LogP contribution in [-0.4, -0.2) is 27.7 Å². The molecular formula is C23H19N3O4. The lowest BCUT2D eigenvalue weighted by molar-refractivity contribution is -0.136. The number of benzene rings is 1. The quantitative estimate of drug-likeness (QED) is 0.702. The maximum absolute atomic E-state index is 11.2. The van der Waals surface area contributed by atoms with Crippen LogP contribution in [0.2, 0.25) is 0 Å². The van der Waals surface area contributed by atoms with Crippen molar-refractivity contribution in [3.63, 3.8) is 0 Å². The highest BCUT2D eigenvalue weighted by Crippen LogP contribution is 2.25. The van der Waals surface area contributed by atoms with Crippen molar-refractivity contribution < 1.29 is 19.4 Å². The van der Waals surface area contributed by atoms with Gasteiger partial charge in [0.2, 0.25) is 5.88 Å². The molecule has 3 heterocycles. The second kappa shape index (κ2) is 8.72. The number of carboxylic acid groups (broad SMARTS) is 1. The Labute approximate surface area is 173 Å². The van der Waals surface area contributed by atoms with Crippen LogP contribution in [0.3, 0.4) is 0 Å². The number of hydrogen-bond donors (Lipinski definition) is 1. The van der Waals surface area contributed by atoms with E-state index in [4.69, 9.17) is 9.47 Å². The van der Waals surface area contributed by atoms with Gasteiger partial charge in [-0.15, -0.1) is 0 Å². The van der Waals surface area contributed by atoms with Crippen molar-refractivity contribution >= 4 is 5.97 Å². The zero-order chi connectivity index (χ0) is 20.9. The molecule has 1 N–H and O–H groups in total. The van der Waals surface area contributed by atoms with Gasteiger partial charge in [-0.1, -0.05) is 18.2 Å². The standard InChI is InChI=1S/C23H19N3O4/c24-12-17-6-7-19-14-30-22-3-1-2-20(26-22)16-5-4-15(11-23(27)28)18(10-16)13-29-9-8-21(17)25-19/h1-7,10H,8-9,11,13-14H2,(H,27,28). The zero-order valence-corrected chi connectivity index (χ0v) is 16.2. The molecule has 0 fully saturated rings. The minimum Gasteiger partial charge on any atom is -0.481 e. The molecule has 30 heavy (non-hydrogen) atoms. The van der Waals surface area contributed by atoms with E-state index in [1.165, 1.54) is 0 Å². The summed E-state index contributed by atoms with van der Waals surface area (Å²) in [4.78, 5) is 20.3. The number of fused-ring (bicyclic) bond motifs is 7. The van der Waals surface area contributed by atoms with Gasteiger partial charge < -0.3 is 14.6 Å². The van der Waals surface area contributed by atoms with Crippen molar-refractivity contribution in [3.8, 4) is 23.2 Å². The number of aromatic nitrogens is 2. The second-order valence-corrected chi connectivity index (χ2v) is 6.91. The van der Waals surface area contributed by atoms with Crippen molar-refractivity contribution in [1.29, 1.82) is 5.26 Å². The molecule has 6 bridgehead atoms. The smallest absolute Gasteiger partial charge is 0.307 e. The number of nitrogens with zero attached hydrogens (tertiary/aromatic N) is 3. The van der Waals surface area contributed by atoms with Crippen LogP contribution in [0, 0.1) is 11.3 Å². The number of pyridine rings is 2. The Morgan fingerprint density at radius 3 is 2.87 bits per heavy atom. The Hall–Kier alpha value is -3.76. The van der Waals surface area contributed by atoms with Gasteiger partial charge in [-0.05, 0) is 35.4 Å². The summed E-state index contributed by atoms with van der Waals surface area (Å²) < 4.78 is 11.6. The fraction of sp³-hybridized carbons (Fsp3) is 0.217. The first-order chi connectivity index (χ1) is 14.6. The van der Waals surface area contributed by atoms with Gasteiger partial charge in [0.15, 0.2) is 0 Å². The minimum absolute atomic E-state index is 0.0856. The van der Waals surface area contributed by atoms with Crippen molar-refractivity contribution in [3.05, 3.63) is 76.6 Å². The molecule has 0 amide bonds. The molecule has 0 spiro atoms. The molecule has 0 aliphatic carbocycles. The van der Waals surface area contributed by atoms with Gasteiger partial charge in [0.1, 0.15) is 12.7 Å². The molecule has 0 radical (unpaired) electrons. The molecule has 150 valence electrons. The van der Waals surface area contributed by atoms with E-state index in [9.17, 15) is 15.2 Å². The summed E-state index contributed by atoms with van der Waals surface area (Å²) >= 11 is 0. The number of ether oxygens (including phenoxy) is 2. The van der Waals surface area contributed by atoms with E-state index in [0.29, 0.717) is 41.4 Å². The number of rotatable bonds is 2. The van der Waals surface area contributed by atoms with E-state index >= 15 is 0 Å². The molecule has 2 aromatic heterocycles. The minimum atomic E-state index is -0.900. The van der Waals surface area contributed by atoms with Gasteiger partial charge in [-0.25, -0.2) is 4.98 Å². The van der Waals surface area contributed by atoms with E-state index in [1.807, 2.05) is 24.3 Å². The lowest BCUT2D eigenvalue weighted by Crippen LogP contribution is -2.08. The van der Waals surface area contributed by atoms with E-state index in [1.54, 1.807) is 24.3 Å². The Balaban J connectivity index is 1.73. The number of aliphatic carboxylic acids is 1. The molecule has 1 aliphatic heterocycles. The largest absolute Gasteiger partial charge is 0.481 e.